The third-order valence-electron chi connectivity index (χ3n) is 5.06. The van der Waals surface area contributed by atoms with Crippen molar-refractivity contribution in [2.75, 3.05) is 13.2 Å². The molecule has 0 atom stereocenters. The van der Waals surface area contributed by atoms with Gasteiger partial charge in [-0.05, 0) is 42.5 Å². The van der Waals surface area contributed by atoms with Crippen LogP contribution in [0.25, 0.3) is 27.9 Å². The van der Waals surface area contributed by atoms with Crippen LogP contribution in [0, 0.1) is 5.82 Å². The van der Waals surface area contributed by atoms with Gasteiger partial charge in [-0.15, -0.1) is 15.3 Å². The van der Waals surface area contributed by atoms with Crippen LogP contribution >= 0.6 is 0 Å². The van der Waals surface area contributed by atoms with Crippen LogP contribution < -0.4 is 15.6 Å². The van der Waals surface area contributed by atoms with E-state index in [4.69, 9.17) is 4.74 Å². The Kier molecular flexibility index (Phi) is 5.65. The summed E-state index contributed by atoms with van der Waals surface area (Å²) in [6.45, 7) is 0.215. The van der Waals surface area contributed by atoms with Crippen LogP contribution in [0.1, 0.15) is 0 Å². The molecule has 0 aliphatic heterocycles. The normalized spacial score (nSPS) is 11.1. The molecule has 10 nitrogen and oxygen atoms in total. The zero-order chi connectivity index (χ0) is 23.5. The van der Waals surface area contributed by atoms with Gasteiger partial charge in [0.2, 0.25) is 11.8 Å². The Morgan fingerprint density at radius 3 is 2.71 bits per heavy atom. The molecule has 3 aromatic heterocycles. The highest BCUT2D eigenvalue weighted by Gasteiger charge is 2.11. The number of carbonyl (C=O) groups is 1. The Hall–Kier alpha value is -4.67. The van der Waals surface area contributed by atoms with Crippen molar-refractivity contribution in [3.8, 4) is 17.3 Å². The number of halogens is 1. The number of rotatable bonds is 7. The van der Waals surface area contributed by atoms with Gasteiger partial charge in [0, 0.05) is 11.6 Å². The van der Waals surface area contributed by atoms with Gasteiger partial charge in [-0.1, -0.05) is 12.1 Å². The molecule has 1 N–H and O–H groups in total. The van der Waals surface area contributed by atoms with Crippen LogP contribution in [0.5, 0.6) is 5.88 Å². The minimum absolute atomic E-state index is 0.150. The van der Waals surface area contributed by atoms with Crippen molar-refractivity contribution >= 4 is 22.5 Å². The predicted molar refractivity (Wildman–Crippen MR) is 121 cm³/mol. The van der Waals surface area contributed by atoms with Crippen molar-refractivity contribution in [2.45, 2.75) is 6.54 Å². The molecular formula is C23H18FN7O3. The fraction of sp³-hybridized carbons (Fsp3) is 0.130. The van der Waals surface area contributed by atoms with Crippen LogP contribution in [0.3, 0.4) is 0 Å². The summed E-state index contributed by atoms with van der Waals surface area (Å²) in [5.74, 6) is 0.0602. The highest BCUT2D eigenvalue weighted by atomic mass is 19.1. The molecule has 5 rings (SSSR count). The van der Waals surface area contributed by atoms with E-state index >= 15 is 0 Å². The van der Waals surface area contributed by atoms with Gasteiger partial charge in [-0.3, -0.25) is 14.2 Å². The lowest BCUT2D eigenvalue weighted by atomic mass is 10.2. The lowest BCUT2D eigenvalue weighted by molar-refractivity contribution is -0.121. The number of ether oxygens (including phenoxy) is 1. The summed E-state index contributed by atoms with van der Waals surface area (Å²) in [6.07, 6.45) is 1.36. The molecule has 3 heterocycles. The van der Waals surface area contributed by atoms with E-state index < -0.39 is 0 Å². The Balaban J connectivity index is 1.19. The Bertz CT molecular complexity index is 1550. The Labute approximate surface area is 191 Å². The summed E-state index contributed by atoms with van der Waals surface area (Å²) in [4.78, 5) is 29.0. The van der Waals surface area contributed by atoms with Crippen LogP contribution in [-0.2, 0) is 11.3 Å². The smallest absolute Gasteiger partial charge is 0.261 e. The molecule has 5 aromatic rings. The van der Waals surface area contributed by atoms with Gasteiger partial charge in [0.1, 0.15) is 19.0 Å². The first-order valence-corrected chi connectivity index (χ1v) is 10.4. The van der Waals surface area contributed by atoms with E-state index in [1.807, 2.05) is 0 Å². The minimum atomic E-state index is -0.349. The molecule has 0 saturated heterocycles. The molecule has 0 radical (unpaired) electrons. The molecule has 0 aliphatic carbocycles. The maximum Gasteiger partial charge on any atom is 0.261 e. The number of carbonyl (C=O) groups excluding carboxylic acids is 1. The summed E-state index contributed by atoms with van der Waals surface area (Å²) in [7, 11) is 0. The second-order valence-electron chi connectivity index (χ2n) is 7.37. The molecule has 11 heteroatoms. The van der Waals surface area contributed by atoms with E-state index in [1.165, 1.54) is 27.5 Å². The number of nitrogens with one attached hydrogen (secondary N) is 1. The van der Waals surface area contributed by atoms with E-state index in [-0.39, 0.29) is 37.0 Å². The van der Waals surface area contributed by atoms with E-state index in [2.05, 4.69) is 25.6 Å². The quantitative estimate of drug-likeness (QED) is 0.369. The fourth-order valence-corrected chi connectivity index (χ4v) is 3.40. The molecule has 0 fully saturated rings. The standard InChI is InChI=1S/C23H18FN7O3/c24-16-7-5-15(6-8-16)22-28-27-19-9-10-21(29-31(19)22)34-12-11-25-20(32)13-30-14-26-18-4-2-1-3-17(18)23(30)33/h1-10,14H,11-13H2,(H,25,32). The lowest BCUT2D eigenvalue weighted by Gasteiger charge is -2.09. The van der Waals surface area contributed by atoms with Gasteiger partial charge < -0.3 is 10.1 Å². The molecule has 1 amide bonds. The van der Waals surface area contributed by atoms with E-state index in [9.17, 15) is 14.0 Å². The number of para-hydroxylation sites is 1. The third-order valence-corrected chi connectivity index (χ3v) is 5.06. The Morgan fingerprint density at radius 1 is 1.03 bits per heavy atom. The van der Waals surface area contributed by atoms with Crippen LogP contribution in [-0.4, -0.2) is 48.4 Å². The van der Waals surface area contributed by atoms with Crippen molar-refractivity contribution in [2.24, 2.45) is 0 Å². The summed E-state index contributed by atoms with van der Waals surface area (Å²) in [5, 5.41) is 15.7. The maximum atomic E-state index is 13.2. The minimum Gasteiger partial charge on any atom is -0.475 e. The number of hydrogen-bond donors (Lipinski definition) is 1. The highest BCUT2D eigenvalue weighted by Crippen LogP contribution is 2.19. The largest absolute Gasteiger partial charge is 0.475 e. The second kappa shape index (κ2) is 9.06. The van der Waals surface area contributed by atoms with Crippen molar-refractivity contribution in [1.29, 1.82) is 0 Å². The number of nitrogens with zero attached hydrogens (tertiary/aromatic N) is 6. The monoisotopic (exact) mass is 459 g/mol. The molecule has 0 unspecified atom stereocenters. The van der Waals surface area contributed by atoms with Gasteiger partial charge in [0.15, 0.2) is 11.5 Å². The van der Waals surface area contributed by atoms with Crippen LogP contribution in [0.2, 0.25) is 0 Å². The average Bonchev–Trinajstić information content (AvgIpc) is 3.27. The summed E-state index contributed by atoms with van der Waals surface area (Å²) in [6, 6.07) is 16.1. The van der Waals surface area contributed by atoms with Gasteiger partial charge >= 0.3 is 0 Å². The topological polar surface area (TPSA) is 116 Å². The number of fused-ring (bicyclic) bond motifs is 2. The Morgan fingerprint density at radius 2 is 1.85 bits per heavy atom. The number of aromatic nitrogens is 6. The summed E-state index contributed by atoms with van der Waals surface area (Å²) >= 11 is 0. The van der Waals surface area contributed by atoms with Gasteiger partial charge in [0.25, 0.3) is 5.56 Å². The van der Waals surface area contributed by atoms with Gasteiger partial charge in [-0.2, -0.15) is 4.52 Å². The van der Waals surface area contributed by atoms with Crippen molar-refractivity contribution in [3.63, 3.8) is 0 Å². The molecule has 2 aromatic carbocycles. The fourth-order valence-electron chi connectivity index (χ4n) is 3.40. The highest BCUT2D eigenvalue weighted by molar-refractivity contribution is 5.78. The van der Waals surface area contributed by atoms with Gasteiger partial charge in [-0.25, -0.2) is 9.37 Å². The first-order chi connectivity index (χ1) is 16.6. The molecular weight excluding hydrogens is 441 g/mol. The van der Waals surface area contributed by atoms with Crippen molar-refractivity contribution in [3.05, 3.63) is 83.2 Å². The second-order valence-corrected chi connectivity index (χ2v) is 7.37. The van der Waals surface area contributed by atoms with Crippen molar-refractivity contribution < 1.29 is 13.9 Å². The molecule has 0 spiro atoms. The molecule has 34 heavy (non-hydrogen) atoms. The summed E-state index contributed by atoms with van der Waals surface area (Å²) < 4.78 is 21.6. The van der Waals surface area contributed by atoms with E-state index in [0.717, 1.165) is 0 Å². The average molecular weight is 459 g/mol. The number of amides is 1. The third kappa shape index (κ3) is 4.31. The van der Waals surface area contributed by atoms with Gasteiger partial charge in [0.05, 0.1) is 23.8 Å². The molecule has 0 bridgehead atoms. The predicted octanol–water partition coefficient (Wildman–Crippen LogP) is 1.84. The SMILES string of the molecule is O=C(Cn1cnc2ccccc2c1=O)NCCOc1ccc2nnc(-c3ccc(F)cc3)n2n1. The molecule has 0 aliphatic rings. The lowest BCUT2D eigenvalue weighted by Crippen LogP contribution is -2.34. The first-order valence-electron chi connectivity index (χ1n) is 10.4. The van der Waals surface area contributed by atoms with E-state index in [0.29, 0.717) is 33.8 Å². The maximum absolute atomic E-state index is 13.2. The summed E-state index contributed by atoms with van der Waals surface area (Å²) in [5.41, 5.74) is 1.47. The molecule has 170 valence electrons. The zero-order valence-corrected chi connectivity index (χ0v) is 17.8. The first kappa shape index (κ1) is 21.2. The van der Waals surface area contributed by atoms with Crippen molar-refractivity contribution in [1.82, 2.24) is 34.7 Å². The number of hydrogen-bond acceptors (Lipinski definition) is 7. The molecule has 0 saturated carbocycles. The number of benzene rings is 2. The van der Waals surface area contributed by atoms with Crippen LogP contribution in [0.15, 0.2) is 71.8 Å². The van der Waals surface area contributed by atoms with E-state index in [1.54, 1.807) is 48.5 Å². The zero-order valence-electron chi connectivity index (χ0n) is 17.8. The van der Waals surface area contributed by atoms with Crippen LogP contribution in [0.4, 0.5) is 4.39 Å².